The summed E-state index contributed by atoms with van der Waals surface area (Å²) in [4.78, 5) is 52.6. The summed E-state index contributed by atoms with van der Waals surface area (Å²) in [5.74, 6) is -2.52. The average Bonchev–Trinajstić information content (AvgIpc) is 3.32. The highest BCUT2D eigenvalue weighted by Gasteiger charge is 2.51. The standard InChI is InChI=1S/C17H18ClNO2.C16H13ClF3NO2/c1-9-7-13-14(8-10(9)2)17(21)19(16(13)20)15-5-4-12(18)6-11(15)3;1-8-2-4-10-11(6-8)15(23)21(14(10)22)13-7-9(16(18,19)20)3-5-12(13)17/h4-6,13-14H,7-8H2,1-3H3;2-3,5,7,10-11H,4,6H2,1H3. The highest BCUT2D eigenvalue weighted by molar-refractivity contribution is 6.36. The lowest BCUT2D eigenvalue weighted by Crippen LogP contribution is -2.31. The van der Waals surface area contributed by atoms with Crippen molar-refractivity contribution in [3.8, 4) is 0 Å². The van der Waals surface area contributed by atoms with Gasteiger partial charge in [-0.1, -0.05) is 46.0 Å². The Balaban J connectivity index is 0.000000175. The topological polar surface area (TPSA) is 74.8 Å². The van der Waals surface area contributed by atoms with E-state index in [1.807, 2.05) is 19.9 Å². The number of halogens is 5. The third kappa shape index (κ3) is 5.72. The van der Waals surface area contributed by atoms with Crippen molar-refractivity contribution in [1.82, 2.24) is 0 Å². The molecule has 11 heteroatoms. The Kier molecular flexibility index (Phi) is 8.59. The number of hydrogen-bond donors (Lipinski definition) is 0. The molecule has 2 fully saturated rings. The molecule has 232 valence electrons. The summed E-state index contributed by atoms with van der Waals surface area (Å²) in [6, 6.07) is 7.92. The fourth-order valence-electron chi connectivity index (χ4n) is 6.49. The zero-order chi connectivity index (χ0) is 32.2. The molecule has 2 aliphatic heterocycles. The van der Waals surface area contributed by atoms with E-state index in [4.69, 9.17) is 23.2 Å². The number of allylic oxidation sites excluding steroid dienone is 4. The third-order valence-electron chi connectivity index (χ3n) is 9.08. The van der Waals surface area contributed by atoms with Gasteiger partial charge in [0.25, 0.3) is 0 Å². The zero-order valence-corrected chi connectivity index (χ0v) is 26.1. The summed E-state index contributed by atoms with van der Waals surface area (Å²) in [5.41, 5.74) is 3.87. The molecule has 4 amide bonds. The van der Waals surface area contributed by atoms with Crippen molar-refractivity contribution in [3.63, 3.8) is 0 Å². The first-order valence-corrected chi connectivity index (χ1v) is 15.0. The van der Waals surface area contributed by atoms with Gasteiger partial charge in [0.2, 0.25) is 23.6 Å². The second kappa shape index (κ2) is 11.8. The summed E-state index contributed by atoms with van der Waals surface area (Å²) in [5, 5.41) is 0.559. The number of aryl methyl sites for hydroxylation is 1. The summed E-state index contributed by atoms with van der Waals surface area (Å²) in [6.07, 6.45) is -0.412. The number of imide groups is 2. The number of benzene rings is 2. The van der Waals surface area contributed by atoms with E-state index in [0.29, 0.717) is 36.4 Å². The molecule has 2 aliphatic carbocycles. The molecule has 2 aromatic carbocycles. The van der Waals surface area contributed by atoms with Gasteiger partial charge in [0.15, 0.2) is 0 Å². The summed E-state index contributed by atoms with van der Waals surface area (Å²) >= 11 is 11.9. The van der Waals surface area contributed by atoms with Crippen molar-refractivity contribution < 1.29 is 32.3 Å². The van der Waals surface area contributed by atoms with Crippen LogP contribution in [0.5, 0.6) is 0 Å². The van der Waals surface area contributed by atoms with Gasteiger partial charge in [-0.15, -0.1) is 0 Å². The molecular weight excluding hydrogens is 616 g/mol. The number of carbonyl (C=O) groups excluding carboxylic acids is 4. The molecule has 4 atom stereocenters. The van der Waals surface area contributed by atoms with Gasteiger partial charge in [0, 0.05) is 5.02 Å². The van der Waals surface area contributed by atoms with Gasteiger partial charge in [-0.3, -0.25) is 19.2 Å². The molecule has 0 saturated carbocycles. The Hall–Kier alpha value is -3.43. The molecule has 0 radical (unpaired) electrons. The quantitative estimate of drug-likeness (QED) is 0.244. The molecule has 0 aromatic heterocycles. The third-order valence-corrected chi connectivity index (χ3v) is 9.63. The van der Waals surface area contributed by atoms with Crippen LogP contribution in [0.4, 0.5) is 24.5 Å². The second-order valence-electron chi connectivity index (χ2n) is 12.0. The number of rotatable bonds is 2. The number of fused-ring (bicyclic) bond motifs is 2. The Morgan fingerprint density at radius 3 is 1.75 bits per heavy atom. The van der Waals surface area contributed by atoms with Gasteiger partial charge < -0.3 is 0 Å². The van der Waals surface area contributed by atoms with Crippen LogP contribution in [0.1, 0.15) is 57.6 Å². The summed E-state index contributed by atoms with van der Waals surface area (Å²) in [7, 11) is 0. The molecule has 4 aliphatic rings. The first-order valence-electron chi connectivity index (χ1n) is 14.3. The molecule has 0 N–H and O–H groups in total. The lowest BCUT2D eigenvalue weighted by Gasteiger charge is -2.23. The minimum atomic E-state index is -4.57. The predicted molar refractivity (Wildman–Crippen MR) is 162 cm³/mol. The van der Waals surface area contributed by atoms with E-state index in [2.05, 4.69) is 13.8 Å². The van der Waals surface area contributed by atoms with Crippen LogP contribution >= 0.6 is 23.2 Å². The minimum absolute atomic E-state index is 0.0528. The number of alkyl halides is 3. The molecule has 44 heavy (non-hydrogen) atoms. The van der Waals surface area contributed by atoms with E-state index in [9.17, 15) is 32.3 Å². The van der Waals surface area contributed by atoms with E-state index in [1.165, 1.54) is 16.0 Å². The van der Waals surface area contributed by atoms with Gasteiger partial charge >= 0.3 is 6.18 Å². The van der Waals surface area contributed by atoms with Crippen LogP contribution in [0.25, 0.3) is 0 Å². The van der Waals surface area contributed by atoms with Crippen LogP contribution in [-0.2, 0) is 25.4 Å². The van der Waals surface area contributed by atoms with Crippen molar-refractivity contribution in [2.75, 3.05) is 9.80 Å². The number of carbonyl (C=O) groups is 4. The molecule has 4 unspecified atom stereocenters. The number of anilines is 2. The van der Waals surface area contributed by atoms with Crippen molar-refractivity contribution in [2.45, 2.75) is 59.6 Å². The molecule has 0 bridgehead atoms. The van der Waals surface area contributed by atoms with E-state index in [1.54, 1.807) is 18.2 Å². The monoisotopic (exact) mass is 646 g/mol. The largest absolute Gasteiger partial charge is 0.416 e. The number of amides is 4. The number of nitrogens with zero attached hydrogens (tertiary/aromatic N) is 2. The molecule has 2 saturated heterocycles. The van der Waals surface area contributed by atoms with E-state index >= 15 is 0 Å². The van der Waals surface area contributed by atoms with Gasteiger partial charge in [0.05, 0.1) is 45.6 Å². The first-order chi connectivity index (χ1) is 20.6. The van der Waals surface area contributed by atoms with Gasteiger partial charge in [-0.25, -0.2) is 9.80 Å². The average molecular weight is 648 g/mol. The van der Waals surface area contributed by atoms with Crippen LogP contribution in [0.3, 0.4) is 0 Å². The van der Waals surface area contributed by atoms with E-state index < -0.39 is 35.4 Å². The fourth-order valence-corrected chi connectivity index (χ4v) is 6.92. The molecule has 0 spiro atoms. The van der Waals surface area contributed by atoms with Gasteiger partial charge in [0.1, 0.15) is 0 Å². The Morgan fingerprint density at radius 1 is 0.682 bits per heavy atom. The molecule has 6 nitrogen and oxygen atoms in total. The van der Waals surface area contributed by atoms with Crippen LogP contribution in [-0.4, -0.2) is 23.6 Å². The van der Waals surface area contributed by atoms with Gasteiger partial charge in [-0.05, 0) is 95.3 Å². The summed E-state index contributed by atoms with van der Waals surface area (Å²) in [6.45, 7) is 7.85. The van der Waals surface area contributed by atoms with Crippen molar-refractivity contribution in [3.05, 3.63) is 80.4 Å². The van der Waals surface area contributed by atoms with E-state index in [-0.39, 0.29) is 34.4 Å². The highest BCUT2D eigenvalue weighted by Crippen LogP contribution is 2.44. The maximum Gasteiger partial charge on any atom is 0.416 e. The van der Waals surface area contributed by atoms with Crippen molar-refractivity contribution >= 4 is 58.2 Å². The molecular formula is C33H31Cl2F3N2O4. The second-order valence-corrected chi connectivity index (χ2v) is 12.8. The predicted octanol–water partition coefficient (Wildman–Crippen LogP) is 8.09. The Labute approximate surface area is 263 Å². The maximum absolute atomic E-state index is 12.9. The normalized spacial score (nSPS) is 25.2. The smallest absolute Gasteiger partial charge is 0.274 e. The van der Waals surface area contributed by atoms with Crippen molar-refractivity contribution in [1.29, 1.82) is 0 Å². The van der Waals surface area contributed by atoms with Crippen molar-refractivity contribution in [2.24, 2.45) is 23.7 Å². The van der Waals surface area contributed by atoms with Crippen LogP contribution in [0.15, 0.2) is 59.2 Å². The minimum Gasteiger partial charge on any atom is -0.274 e. The maximum atomic E-state index is 12.9. The number of hydrogen-bond acceptors (Lipinski definition) is 4. The molecule has 2 aromatic rings. The van der Waals surface area contributed by atoms with Crippen LogP contribution in [0, 0.1) is 30.6 Å². The first kappa shape index (κ1) is 32.0. The van der Waals surface area contributed by atoms with Crippen LogP contribution in [0.2, 0.25) is 10.0 Å². The lowest BCUT2D eigenvalue weighted by molar-refractivity contribution is -0.137. The Morgan fingerprint density at radius 2 is 1.20 bits per heavy atom. The summed E-state index contributed by atoms with van der Waals surface area (Å²) < 4.78 is 38.7. The fraction of sp³-hybridized carbons (Fsp3) is 0.394. The SMILES string of the molecule is CC1=C(C)CC2C(=O)N(c3ccc(Cl)cc3C)C(=O)C2C1.CC1=CCC2C(=O)N(c3cc(C(F)(F)F)ccc3Cl)C(=O)C2C1. The van der Waals surface area contributed by atoms with Gasteiger partial charge in [-0.2, -0.15) is 13.2 Å². The van der Waals surface area contributed by atoms with E-state index in [0.717, 1.165) is 34.2 Å². The zero-order valence-electron chi connectivity index (χ0n) is 24.6. The Bertz CT molecular complexity index is 1620. The molecule has 6 rings (SSSR count). The molecule has 2 heterocycles. The highest BCUT2D eigenvalue weighted by atomic mass is 35.5. The lowest BCUT2D eigenvalue weighted by atomic mass is 9.78. The van der Waals surface area contributed by atoms with Crippen LogP contribution < -0.4 is 9.80 Å².